The second kappa shape index (κ2) is 8.32. The molecule has 1 saturated heterocycles. The number of rotatable bonds is 4. The number of hydrogen-bond acceptors (Lipinski definition) is 6. The highest BCUT2D eigenvalue weighted by atomic mass is 19.4. The Balaban J connectivity index is 1.62. The fraction of sp³-hybridized carbons (Fsp3) is 0.389. The van der Waals surface area contributed by atoms with Crippen molar-refractivity contribution in [1.82, 2.24) is 14.9 Å². The van der Waals surface area contributed by atoms with Gasteiger partial charge in [0.15, 0.2) is 0 Å². The number of ether oxygens (including phenoxy) is 1. The van der Waals surface area contributed by atoms with Crippen LogP contribution in [0.3, 0.4) is 0 Å². The molecular weight excluding hydrogens is 375 g/mol. The number of amides is 1. The van der Waals surface area contributed by atoms with Crippen molar-refractivity contribution in [2.45, 2.75) is 13.1 Å². The maximum Gasteiger partial charge on any atom is 0.416 e. The molecule has 0 atom stereocenters. The molecule has 28 heavy (non-hydrogen) atoms. The number of nitrogens with one attached hydrogen (secondary N) is 1. The first kappa shape index (κ1) is 19.7. The van der Waals surface area contributed by atoms with Crippen LogP contribution in [0.15, 0.2) is 36.5 Å². The quantitative estimate of drug-likeness (QED) is 0.854. The van der Waals surface area contributed by atoms with Gasteiger partial charge in [-0.05, 0) is 37.3 Å². The summed E-state index contributed by atoms with van der Waals surface area (Å²) in [7, 11) is 0. The lowest BCUT2D eigenvalue weighted by atomic mass is 10.2. The molecule has 0 aliphatic carbocycles. The SMILES string of the molecule is CCOC(=O)N1CCN(c2ccnc(Nc3ccc(C(F)(F)F)cc3)n2)CC1. The second-order valence-corrected chi connectivity index (χ2v) is 6.11. The molecule has 10 heteroatoms. The van der Waals surface area contributed by atoms with Crippen LogP contribution in [0.1, 0.15) is 12.5 Å². The van der Waals surface area contributed by atoms with E-state index >= 15 is 0 Å². The number of halogens is 3. The van der Waals surface area contributed by atoms with Crippen molar-refractivity contribution in [1.29, 1.82) is 0 Å². The Morgan fingerprint density at radius 2 is 1.82 bits per heavy atom. The molecular formula is C18H20F3N5O2. The average molecular weight is 395 g/mol. The summed E-state index contributed by atoms with van der Waals surface area (Å²) in [5, 5.41) is 2.91. The Bertz CT molecular complexity index is 806. The van der Waals surface area contributed by atoms with Crippen LogP contribution in [0, 0.1) is 0 Å². The summed E-state index contributed by atoms with van der Waals surface area (Å²) in [6.07, 6.45) is -3.12. The average Bonchev–Trinajstić information content (AvgIpc) is 2.68. The molecule has 0 unspecified atom stereocenters. The van der Waals surface area contributed by atoms with Crippen LogP contribution < -0.4 is 10.2 Å². The molecule has 0 bridgehead atoms. The van der Waals surface area contributed by atoms with Crippen LogP contribution in [0.4, 0.5) is 35.4 Å². The van der Waals surface area contributed by atoms with Crippen molar-refractivity contribution in [2.24, 2.45) is 0 Å². The molecule has 7 nitrogen and oxygen atoms in total. The number of benzene rings is 1. The number of hydrogen-bond donors (Lipinski definition) is 1. The molecule has 1 aliphatic heterocycles. The zero-order chi connectivity index (χ0) is 20.1. The lowest BCUT2D eigenvalue weighted by Crippen LogP contribution is -2.49. The fourth-order valence-electron chi connectivity index (χ4n) is 2.79. The first-order valence-corrected chi connectivity index (χ1v) is 8.81. The van der Waals surface area contributed by atoms with Gasteiger partial charge in [-0.25, -0.2) is 9.78 Å². The van der Waals surface area contributed by atoms with Gasteiger partial charge in [-0.2, -0.15) is 18.2 Å². The predicted octanol–water partition coefficient (Wildman–Crippen LogP) is 3.52. The van der Waals surface area contributed by atoms with E-state index in [1.54, 1.807) is 24.1 Å². The molecule has 0 radical (unpaired) electrons. The smallest absolute Gasteiger partial charge is 0.416 e. The van der Waals surface area contributed by atoms with Gasteiger partial charge in [0.05, 0.1) is 12.2 Å². The molecule has 1 fully saturated rings. The molecule has 2 aromatic rings. The molecule has 1 amide bonds. The van der Waals surface area contributed by atoms with Gasteiger partial charge in [-0.1, -0.05) is 0 Å². The van der Waals surface area contributed by atoms with E-state index in [-0.39, 0.29) is 12.0 Å². The molecule has 150 valence electrons. The van der Waals surface area contributed by atoms with Gasteiger partial charge < -0.3 is 19.9 Å². The topological polar surface area (TPSA) is 70.6 Å². The Hall–Kier alpha value is -3.04. The first-order valence-electron chi connectivity index (χ1n) is 8.81. The van der Waals surface area contributed by atoms with E-state index in [2.05, 4.69) is 15.3 Å². The molecule has 2 heterocycles. The Kier molecular flexibility index (Phi) is 5.86. The number of carbonyl (C=O) groups excluding carboxylic acids is 1. The van der Waals surface area contributed by atoms with Crippen molar-refractivity contribution < 1.29 is 22.7 Å². The Morgan fingerprint density at radius 1 is 1.14 bits per heavy atom. The second-order valence-electron chi connectivity index (χ2n) is 6.11. The van der Waals surface area contributed by atoms with Gasteiger partial charge in [0.2, 0.25) is 5.95 Å². The highest BCUT2D eigenvalue weighted by molar-refractivity contribution is 5.68. The third kappa shape index (κ3) is 4.81. The summed E-state index contributed by atoms with van der Waals surface area (Å²) in [5.74, 6) is 0.956. The van der Waals surface area contributed by atoms with Crippen LogP contribution in [0.25, 0.3) is 0 Å². The van der Waals surface area contributed by atoms with Crippen LogP contribution in [0.2, 0.25) is 0 Å². The van der Waals surface area contributed by atoms with Gasteiger partial charge >= 0.3 is 12.3 Å². The van der Waals surface area contributed by atoms with E-state index < -0.39 is 11.7 Å². The van der Waals surface area contributed by atoms with Crippen molar-refractivity contribution in [3.05, 3.63) is 42.1 Å². The maximum absolute atomic E-state index is 12.6. The molecule has 1 aromatic carbocycles. The van der Waals surface area contributed by atoms with Crippen molar-refractivity contribution >= 4 is 23.5 Å². The number of anilines is 3. The highest BCUT2D eigenvalue weighted by Crippen LogP contribution is 2.30. The summed E-state index contributed by atoms with van der Waals surface area (Å²) in [4.78, 5) is 23.9. The Morgan fingerprint density at radius 3 is 2.43 bits per heavy atom. The fourth-order valence-corrected chi connectivity index (χ4v) is 2.79. The van der Waals surface area contributed by atoms with Gasteiger partial charge in [-0.15, -0.1) is 0 Å². The van der Waals surface area contributed by atoms with E-state index in [0.717, 1.165) is 12.1 Å². The predicted molar refractivity (Wildman–Crippen MR) is 97.6 cm³/mol. The number of aromatic nitrogens is 2. The van der Waals surface area contributed by atoms with Gasteiger partial charge in [0, 0.05) is 38.1 Å². The molecule has 0 spiro atoms. The van der Waals surface area contributed by atoms with Crippen molar-refractivity contribution in [3.63, 3.8) is 0 Å². The minimum atomic E-state index is -4.37. The first-order chi connectivity index (χ1) is 13.4. The van der Waals surface area contributed by atoms with E-state index in [9.17, 15) is 18.0 Å². The zero-order valence-electron chi connectivity index (χ0n) is 15.2. The van der Waals surface area contributed by atoms with E-state index in [0.29, 0.717) is 44.3 Å². The third-order valence-corrected chi connectivity index (χ3v) is 4.24. The van der Waals surface area contributed by atoms with Crippen LogP contribution in [0.5, 0.6) is 0 Å². The van der Waals surface area contributed by atoms with E-state index in [1.807, 2.05) is 4.90 Å². The third-order valence-electron chi connectivity index (χ3n) is 4.24. The minimum Gasteiger partial charge on any atom is -0.450 e. The maximum atomic E-state index is 12.6. The standard InChI is InChI=1S/C18H20F3N5O2/c1-2-28-17(27)26-11-9-25(10-12-26)15-7-8-22-16(24-15)23-14-5-3-13(4-6-14)18(19,20)21/h3-8H,2,9-12H2,1H3,(H,22,23,24). The monoisotopic (exact) mass is 395 g/mol. The number of carbonyl (C=O) groups is 1. The molecule has 3 rings (SSSR count). The van der Waals surface area contributed by atoms with E-state index in [1.165, 1.54) is 12.1 Å². The summed E-state index contributed by atoms with van der Waals surface area (Å²) in [6.45, 7) is 4.32. The van der Waals surface area contributed by atoms with Crippen LogP contribution >= 0.6 is 0 Å². The highest BCUT2D eigenvalue weighted by Gasteiger charge is 2.30. The minimum absolute atomic E-state index is 0.282. The van der Waals surface area contributed by atoms with Crippen molar-refractivity contribution in [2.75, 3.05) is 43.0 Å². The number of piperazine rings is 1. The summed E-state index contributed by atoms with van der Waals surface area (Å²) in [6, 6.07) is 6.41. The summed E-state index contributed by atoms with van der Waals surface area (Å²) >= 11 is 0. The molecule has 0 saturated carbocycles. The Labute approximate surface area is 160 Å². The lowest BCUT2D eigenvalue weighted by Gasteiger charge is -2.34. The molecule has 1 aromatic heterocycles. The zero-order valence-corrected chi connectivity index (χ0v) is 15.2. The largest absolute Gasteiger partial charge is 0.450 e. The summed E-state index contributed by atoms with van der Waals surface area (Å²) < 4.78 is 42.9. The lowest BCUT2D eigenvalue weighted by molar-refractivity contribution is -0.137. The number of nitrogens with zero attached hydrogens (tertiary/aromatic N) is 4. The normalized spacial score (nSPS) is 14.7. The van der Waals surface area contributed by atoms with Gasteiger partial charge in [0.1, 0.15) is 5.82 Å². The van der Waals surface area contributed by atoms with Gasteiger partial charge in [0.25, 0.3) is 0 Å². The number of alkyl halides is 3. The van der Waals surface area contributed by atoms with E-state index in [4.69, 9.17) is 4.74 Å². The molecule has 1 aliphatic rings. The van der Waals surface area contributed by atoms with Gasteiger partial charge in [-0.3, -0.25) is 0 Å². The van der Waals surface area contributed by atoms with Crippen LogP contribution in [-0.2, 0) is 10.9 Å². The molecule has 1 N–H and O–H groups in total. The van der Waals surface area contributed by atoms with Crippen LogP contribution in [-0.4, -0.2) is 53.7 Å². The van der Waals surface area contributed by atoms with Crippen molar-refractivity contribution in [3.8, 4) is 0 Å². The summed E-state index contributed by atoms with van der Waals surface area (Å²) in [5.41, 5.74) is -0.260.